The van der Waals surface area contributed by atoms with Crippen LogP contribution in [0, 0.1) is 11.8 Å². The van der Waals surface area contributed by atoms with Gasteiger partial charge >= 0.3 is 0 Å². The fourth-order valence-electron chi connectivity index (χ4n) is 3.09. The van der Waals surface area contributed by atoms with E-state index in [0.29, 0.717) is 29.2 Å². The van der Waals surface area contributed by atoms with Crippen LogP contribution in [0.1, 0.15) is 29.7 Å². The Morgan fingerprint density at radius 1 is 1.03 bits per heavy atom. The number of aromatic nitrogens is 3. The summed E-state index contributed by atoms with van der Waals surface area (Å²) < 4.78 is 11.6. The average Bonchev–Trinajstić information content (AvgIpc) is 3.50. The molecule has 2 heterocycles. The zero-order valence-corrected chi connectivity index (χ0v) is 18.4. The lowest BCUT2D eigenvalue weighted by Gasteiger charge is -2.06. The van der Waals surface area contributed by atoms with Crippen molar-refractivity contribution in [3.63, 3.8) is 0 Å². The second-order valence-electron chi connectivity index (χ2n) is 6.68. The van der Waals surface area contributed by atoms with Crippen molar-refractivity contribution >= 4 is 23.4 Å². The third-order valence-electron chi connectivity index (χ3n) is 4.63. The number of oxazole rings is 1. The number of rotatable bonds is 7. The molecule has 2 aromatic heterocycles. The SMILES string of the molecule is C=Cc1ccccc1C(=CC)c1nnc(SCC#CCc2cnc(-c3ccccc3)o2)o1. The van der Waals surface area contributed by atoms with Gasteiger partial charge in [-0.15, -0.1) is 10.2 Å². The van der Waals surface area contributed by atoms with Crippen molar-refractivity contribution in [2.45, 2.75) is 18.6 Å². The zero-order valence-electron chi connectivity index (χ0n) is 17.6. The zero-order chi connectivity index (χ0) is 22.2. The lowest BCUT2D eigenvalue weighted by molar-refractivity contribution is 0.444. The van der Waals surface area contributed by atoms with E-state index in [-0.39, 0.29) is 0 Å². The fourth-order valence-corrected chi connectivity index (χ4v) is 3.63. The molecule has 4 rings (SSSR count). The molecule has 0 atom stereocenters. The van der Waals surface area contributed by atoms with Gasteiger partial charge in [0.2, 0.25) is 11.8 Å². The third kappa shape index (κ3) is 5.08. The summed E-state index contributed by atoms with van der Waals surface area (Å²) in [4.78, 5) is 4.31. The van der Waals surface area contributed by atoms with Gasteiger partial charge in [-0.2, -0.15) is 0 Å². The van der Waals surface area contributed by atoms with Crippen molar-refractivity contribution in [1.82, 2.24) is 15.2 Å². The third-order valence-corrected chi connectivity index (χ3v) is 5.33. The van der Waals surface area contributed by atoms with Gasteiger partial charge < -0.3 is 8.83 Å². The van der Waals surface area contributed by atoms with Crippen LogP contribution < -0.4 is 0 Å². The van der Waals surface area contributed by atoms with E-state index in [1.165, 1.54) is 11.8 Å². The number of thioether (sulfide) groups is 1. The van der Waals surface area contributed by atoms with Gasteiger partial charge in [-0.3, -0.25) is 0 Å². The molecule has 0 aliphatic rings. The predicted molar refractivity (Wildman–Crippen MR) is 128 cm³/mol. The maximum atomic E-state index is 5.85. The molecule has 6 heteroatoms. The topological polar surface area (TPSA) is 65.0 Å². The summed E-state index contributed by atoms with van der Waals surface area (Å²) in [6.45, 7) is 5.83. The maximum absolute atomic E-state index is 5.85. The van der Waals surface area contributed by atoms with Crippen LogP contribution in [0.5, 0.6) is 0 Å². The lowest BCUT2D eigenvalue weighted by atomic mass is 9.99. The van der Waals surface area contributed by atoms with Crippen LogP contribution in [0.2, 0.25) is 0 Å². The van der Waals surface area contributed by atoms with Gasteiger partial charge in [-0.25, -0.2) is 4.98 Å². The van der Waals surface area contributed by atoms with Gasteiger partial charge in [-0.05, 0) is 30.2 Å². The minimum Gasteiger partial charge on any atom is -0.440 e. The lowest BCUT2D eigenvalue weighted by Crippen LogP contribution is -1.91. The molecule has 0 amide bonds. The van der Waals surface area contributed by atoms with Crippen LogP contribution in [0.15, 0.2) is 87.5 Å². The molecule has 0 N–H and O–H groups in total. The standard InChI is InChI=1S/C26H21N3O2S/c1-3-19-12-8-9-16-23(19)22(4-2)25-28-29-26(31-25)32-17-11-10-15-21-18-27-24(30-21)20-13-6-5-7-14-20/h3-9,12-14,16,18H,1,15,17H2,2H3. The van der Waals surface area contributed by atoms with Crippen LogP contribution in [0.4, 0.5) is 0 Å². The Hall–Kier alpha value is -3.82. The van der Waals surface area contributed by atoms with Crippen molar-refractivity contribution in [3.8, 4) is 23.3 Å². The van der Waals surface area contributed by atoms with E-state index < -0.39 is 0 Å². The highest BCUT2D eigenvalue weighted by Crippen LogP contribution is 2.28. The molecular formula is C26H21N3O2S. The van der Waals surface area contributed by atoms with Gasteiger partial charge in [0.1, 0.15) is 5.76 Å². The molecule has 32 heavy (non-hydrogen) atoms. The number of hydrogen-bond donors (Lipinski definition) is 0. The molecule has 0 aliphatic heterocycles. The Balaban J connectivity index is 1.34. The van der Waals surface area contributed by atoms with E-state index >= 15 is 0 Å². The highest BCUT2D eigenvalue weighted by molar-refractivity contribution is 7.99. The maximum Gasteiger partial charge on any atom is 0.277 e. The second-order valence-corrected chi connectivity index (χ2v) is 7.61. The van der Waals surface area contributed by atoms with E-state index in [1.807, 2.05) is 73.7 Å². The van der Waals surface area contributed by atoms with E-state index in [9.17, 15) is 0 Å². The first-order valence-electron chi connectivity index (χ1n) is 10.1. The average molecular weight is 440 g/mol. The molecule has 0 bridgehead atoms. The first kappa shape index (κ1) is 21.4. The van der Waals surface area contributed by atoms with E-state index in [0.717, 1.165) is 28.0 Å². The number of nitrogens with zero attached hydrogens (tertiary/aromatic N) is 3. The van der Waals surface area contributed by atoms with Gasteiger partial charge in [0.05, 0.1) is 18.4 Å². The van der Waals surface area contributed by atoms with Crippen LogP contribution in [0.25, 0.3) is 23.1 Å². The smallest absolute Gasteiger partial charge is 0.277 e. The molecule has 0 unspecified atom stereocenters. The number of allylic oxidation sites excluding steroid dienone is 1. The van der Waals surface area contributed by atoms with Gasteiger partial charge in [0, 0.05) is 11.1 Å². The fraction of sp³-hybridized carbons (Fsp3) is 0.115. The normalized spacial score (nSPS) is 11.1. The Morgan fingerprint density at radius 3 is 2.66 bits per heavy atom. The van der Waals surface area contributed by atoms with Gasteiger partial charge in [0.15, 0.2) is 0 Å². The summed E-state index contributed by atoms with van der Waals surface area (Å²) >= 11 is 1.40. The molecular weight excluding hydrogens is 418 g/mol. The summed E-state index contributed by atoms with van der Waals surface area (Å²) in [5, 5.41) is 8.83. The van der Waals surface area contributed by atoms with Gasteiger partial charge in [0.25, 0.3) is 5.22 Å². The van der Waals surface area contributed by atoms with E-state index in [4.69, 9.17) is 8.83 Å². The molecule has 0 saturated heterocycles. The van der Waals surface area contributed by atoms with Crippen LogP contribution in [0.3, 0.4) is 0 Å². The van der Waals surface area contributed by atoms with E-state index in [2.05, 4.69) is 33.6 Å². The Morgan fingerprint density at radius 2 is 1.84 bits per heavy atom. The molecule has 158 valence electrons. The number of hydrogen-bond acceptors (Lipinski definition) is 6. The Bertz CT molecular complexity index is 1290. The van der Waals surface area contributed by atoms with Crippen LogP contribution >= 0.6 is 11.8 Å². The highest BCUT2D eigenvalue weighted by atomic mass is 32.2. The largest absolute Gasteiger partial charge is 0.440 e. The molecule has 0 aliphatic carbocycles. The monoisotopic (exact) mass is 439 g/mol. The van der Waals surface area contributed by atoms with E-state index in [1.54, 1.807) is 6.20 Å². The molecule has 0 spiro atoms. The first-order chi connectivity index (χ1) is 15.8. The summed E-state index contributed by atoms with van der Waals surface area (Å²) in [5.41, 5.74) is 3.85. The minimum absolute atomic E-state index is 0.479. The minimum atomic E-state index is 0.479. The molecule has 4 aromatic rings. The van der Waals surface area contributed by atoms with Gasteiger partial charge in [-0.1, -0.05) is 84.8 Å². The summed E-state index contributed by atoms with van der Waals surface area (Å²) in [6.07, 6.45) is 5.99. The quantitative estimate of drug-likeness (QED) is 0.254. The van der Waals surface area contributed by atoms with Crippen molar-refractivity contribution in [1.29, 1.82) is 0 Å². The first-order valence-corrected chi connectivity index (χ1v) is 11.1. The molecule has 5 nitrogen and oxygen atoms in total. The van der Waals surface area contributed by atoms with Crippen molar-refractivity contribution in [2.75, 3.05) is 5.75 Å². The summed E-state index contributed by atoms with van der Waals surface area (Å²) in [6, 6.07) is 17.8. The molecule has 0 saturated carbocycles. The Kier molecular flexibility index (Phi) is 7.01. The second kappa shape index (κ2) is 10.5. The van der Waals surface area contributed by atoms with Crippen molar-refractivity contribution in [3.05, 3.63) is 96.2 Å². The van der Waals surface area contributed by atoms with Crippen molar-refractivity contribution < 1.29 is 8.83 Å². The molecule has 0 fully saturated rings. The molecule has 2 aromatic carbocycles. The number of benzene rings is 2. The molecule has 0 radical (unpaired) electrons. The summed E-state index contributed by atoms with van der Waals surface area (Å²) in [7, 11) is 0. The Labute approximate surface area is 191 Å². The highest BCUT2D eigenvalue weighted by Gasteiger charge is 2.14. The van der Waals surface area contributed by atoms with Crippen LogP contribution in [-0.4, -0.2) is 20.9 Å². The van der Waals surface area contributed by atoms with Crippen LogP contribution in [-0.2, 0) is 6.42 Å². The predicted octanol–water partition coefficient (Wildman–Crippen LogP) is 6.16. The van der Waals surface area contributed by atoms with Crippen molar-refractivity contribution in [2.24, 2.45) is 0 Å². The summed E-state index contributed by atoms with van der Waals surface area (Å²) in [5.74, 6) is 8.56.